The van der Waals surface area contributed by atoms with Crippen LogP contribution < -0.4 is 10.6 Å². The Kier molecular flexibility index (Phi) is 8.44. The Bertz CT molecular complexity index is 645. The van der Waals surface area contributed by atoms with Crippen LogP contribution in [0.2, 0.25) is 0 Å². The lowest BCUT2D eigenvalue weighted by molar-refractivity contribution is -0.144. The molecule has 2 amide bonds. The maximum atomic E-state index is 12.9. The molecule has 0 aliphatic rings. The Balaban J connectivity index is 2.78. The van der Waals surface area contributed by atoms with Crippen LogP contribution >= 0.6 is 0 Å². The fourth-order valence-corrected chi connectivity index (χ4v) is 2.07. The Morgan fingerprint density at radius 3 is 2.35 bits per heavy atom. The van der Waals surface area contributed by atoms with Crippen LogP contribution in [0.25, 0.3) is 0 Å². The number of rotatable bonds is 10. The highest BCUT2D eigenvalue weighted by atomic mass is 19.1. The summed E-state index contributed by atoms with van der Waals surface area (Å²) < 4.78 is 18.0. The van der Waals surface area contributed by atoms with Crippen molar-refractivity contribution in [1.29, 1.82) is 0 Å². The lowest BCUT2D eigenvalue weighted by Gasteiger charge is -2.24. The molecule has 2 atom stereocenters. The minimum Gasteiger partial charge on any atom is -0.480 e. The van der Waals surface area contributed by atoms with Crippen LogP contribution in [0.1, 0.15) is 24.2 Å². The number of amides is 2. The molecule has 8 heteroatoms. The molecule has 0 aliphatic heterocycles. The second kappa shape index (κ2) is 10.3. The molecule has 7 nitrogen and oxygen atoms in total. The minimum absolute atomic E-state index is 0.147. The molecule has 0 saturated carbocycles. The molecule has 0 fully saturated rings. The molecule has 0 aliphatic carbocycles. The fraction of sp³-hybridized carbons (Fsp3) is 0.389. The van der Waals surface area contributed by atoms with Gasteiger partial charge in [0.2, 0.25) is 5.91 Å². The summed E-state index contributed by atoms with van der Waals surface area (Å²) in [5.41, 5.74) is 0.189. The zero-order valence-electron chi connectivity index (χ0n) is 14.7. The monoisotopic (exact) mass is 366 g/mol. The number of hydrogen-bond acceptors (Lipinski definition) is 4. The van der Waals surface area contributed by atoms with Gasteiger partial charge in [-0.25, -0.2) is 9.18 Å². The summed E-state index contributed by atoms with van der Waals surface area (Å²) in [6.45, 7) is 6.78. The van der Waals surface area contributed by atoms with E-state index < -0.39 is 35.7 Å². The average molecular weight is 366 g/mol. The molecular formula is C18H23FN2O5. The van der Waals surface area contributed by atoms with Gasteiger partial charge in [0.15, 0.2) is 6.04 Å². The van der Waals surface area contributed by atoms with Crippen LogP contribution in [0, 0.1) is 11.7 Å². The van der Waals surface area contributed by atoms with Gasteiger partial charge in [-0.05, 0) is 30.2 Å². The van der Waals surface area contributed by atoms with E-state index in [1.165, 1.54) is 18.2 Å². The first-order chi connectivity index (χ1) is 12.3. The molecule has 0 radical (unpaired) electrons. The van der Waals surface area contributed by atoms with E-state index in [1.807, 2.05) is 0 Å². The van der Waals surface area contributed by atoms with Crippen molar-refractivity contribution >= 4 is 17.8 Å². The maximum absolute atomic E-state index is 12.9. The smallest absolute Gasteiger partial charge is 0.328 e. The van der Waals surface area contributed by atoms with Crippen LogP contribution in [0.5, 0.6) is 0 Å². The molecule has 1 rings (SSSR count). The molecule has 3 N–H and O–H groups in total. The summed E-state index contributed by atoms with van der Waals surface area (Å²) in [7, 11) is 0. The van der Waals surface area contributed by atoms with E-state index in [-0.39, 0.29) is 24.7 Å². The standard InChI is InChI=1S/C18H23FN2O5/c1-4-9-26-10-14(18(24)25)20-17(23)15(11(2)3)21-16(22)12-5-7-13(19)8-6-12/h4-8,11,14-15H,1,9-10H2,2-3H3,(H,20,23)(H,21,22)(H,24,25). The number of carbonyl (C=O) groups is 3. The number of ether oxygens (including phenoxy) is 1. The van der Waals surface area contributed by atoms with Crippen LogP contribution in [-0.4, -0.2) is 48.2 Å². The number of carboxylic acids is 1. The molecule has 2 unspecified atom stereocenters. The number of carboxylic acid groups (broad SMARTS) is 1. The zero-order valence-corrected chi connectivity index (χ0v) is 14.7. The van der Waals surface area contributed by atoms with Gasteiger partial charge in [-0.3, -0.25) is 9.59 Å². The topological polar surface area (TPSA) is 105 Å². The molecule has 0 bridgehead atoms. The summed E-state index contributed by atoms with van der Waals surface area (Å²) in [5, 5.41) is 14.1. The second-order valence-electron chi connectivity index (χ2n) is 5.93. The van der Waals surface area contributed by atoms with Crippen molar-refractivity contribution in [1.82, 2.24) is 10.6 Å². The van der Waals surface area contributed by atoms with Gasteiger partial charge in [-0.2, -0.15) is 0 Å². The summed E-state index contributed by atoms with van der Waals surface area (Å²) in [6.07, 6.45) is 1.46. The van der Waals surface area contributed by atoms with Gasteiger partial charge >= 0.3 is 5.97 Å². The Morgan fingerprint density at radius 2 is 1.85 bits per heavy atom. The number of benzene rings is 1. The Labute approximate surface area is 151 Å². The van der Waals surface area contributed by atoms with Crippen molar-refractivity contribution in [2.75, 3.05) is 13.2 Å². The van der Waals surface area contributed by atoms with Gasteiger partial charge in [0.1, 0.15) is 11.9 Å². The average Bonchev–Trinajstić information content (AvgIpc) is 2.58. The van der Waals surface area contributed by atoms with Gasteiger partial charge in [0.25, 0.3) is 5.91 Å². The van der Waals surface area contributed by atoms with Gasteiger partial charge in [0.05, 0.1) is 13.2 Å². The first-order valence-electron chi connectivity index (χ1n) is 8.04. The van der Waals surface area contributed by atoms with Crippen molar-refractivity contribution in [2.45, 2.75) is 25.9 Å². The van der Waals surface area contributed by atoms with Gasteiger partial charge in [-0.1, -0.05) is 19.9 Å². The quantitative estimate of drug-likeness (QED) is 0.428. The van der Waals surface area contributed by atoms with E-state index in [2.05, 4.69) is 17.2 Å². The SMILES string of the molecule is C=CCOCC(NC(=O)C(NC(=O)c1ccc(F)cc1)C(C)C)C(=O)O. The number of nitrogens with one attached hydrogen (secondary N) is 2. The molecule has 142 valence electrons. The van der Waals surface area contributed by atoms with E-state index in [1.54, 1.807) is 13.8 Å². The van der Waals surface area contributed by atoms with Crippen LogP contribution in [0.3, 0.4) is 0 Å². The largest absolute Gasteiger partial charge is 0.480 e. The molecule has 1 aromatic rings. The summed E-state index contributed by atoms with van der Waals surface area (Å²) in [5.74, 6) is -3.25. The van der Waals surface area contributed by atoms with Gasteiger partial charge in [0, 0.05) is 5.56 Å². The van der Waals surface area contributed by atoms with E-state index in [9.17, 15) is 23.9 Å². The molecule has 1 aromatic carbocycles. The van der Waals surface area contributed by atoms with Gasteiger partial charge in [-0.15, -0.1) is 6.58 Å². The molecule has 26 heavy (non-hydrogen) atoms. The predicted octanol–water partition coefficient (Wildman–Crippen LogP) is 1.35. The van der Waals surface area contributed by atoms with Crippen molar-refractivity contribution in [3.05, 3.63) is 48.3 Å². The van der Waals surface area contributed by atoms with Crippen molar-refractivity contribution in [3.8, 4) is 0 Å². The maximum Gasteiger partial charge on any atom is 0.328 e. The first-order valence-corrected chi connectivity index (χ1v) is 8.04. The number of halogens is 1. The minimum atomic E-state index is -1.26. The van der Waals surface area contributed by atoms with Crippen LogP contribution in [-0.2, 0) is 14.3 Å². The fourth-order valence-electron chi connectivity index (χ4n) is 2.07. The van der Waals surface area contributed by atoms with E-state index >= 15 is 0 Å². The third kappa shape index (κ3) is 6.64. The summed E-state index contributed by atoms with van der Waals surface area (Å²) in [4.78, 5) is 35.9. The highest BCUT2D eigenvalue weighted by molar-refractivity contribution is 5.98. The Hall–Kier alpha value is -2.74. The first kappa shape index (κ1) is 21.3. The normalized spacial score (nSPS) is 12.9. The highest BCUT2D eigenvalue weighted by Crippen LogP contribution is 2.07. The summed E-state index contributed by atoms with van der Waals surface area (Å²) >= 11 is 0. The Morgan fingerprint density at radius 1 is 1.23 bits per heavy atom. The molecule has 0 saturated heterocycles. The van der Waals surface area contributed by atoms with E-state index in [0.29, 0.717) is 0 Å². The second-order valence-corrected chi connectivity index (χ2v) is 5.93. The van der Waals surface area contributed by atoms with Gasteiger partial charge < -0.3 is 20.5 Å². The van der Waals surface area contributed by atoms with E-state index in [4.69, 9.17) is 4.74 Å². The van der Waals surface area contributed by atoms with Crippen molar-refractivity contribution in [3.63, 3.8) is 0 Å². The predicted molar refractivity (Wildman–Crippen MR) is 93.1 cm³/mol. The third-order valence-electron chi connectivity index (χ3n) is 3.48. The third-order valence-corrected chi connectivity index (χ3v) is 3.48. The zero-order chi connectivity index (χ0) is 19.7. The number of aliphatic carboxylic acids is 1. The van der Waals surface area contributed by atoms with E-state index in [0.717, 1.165) is 12.1 Å². The van der Waals surface area contributed by atoms with Crippen LogP contribution in [0.15, 0.2) is 36.9 Å². The summed E-state index contributed by atoms with van der Waals surface area (Å²) in [6, 6.07) is 2.64. The lowest BCUT2D eigenvalue weighted by Crippen LogP contribution is -2.54. The molecule has 0 spiro atoms. The highest BCUT2D eigenvalue weighted by Gasteiger charge is 2.29. The molecular weight excluding hydrogens is 343 g/mol. The van der Waals surface area contributed by atoms with Crippen LogP contribution in [0.4, 0.5) is 4.39 Å². The number of carbonyl (C=O) groups excluding carboxylic acids is 2. The molecule has 0 heterocycles. The van der Waals surface area contributed by atoms with Crippen molar-refractivity contribution in [2.24, 2.45) is 5.92 Å². The molecule has 0 aromatic heterocycles. The lowest BCUT2D eigenvalue weighted by atomic mass is 10.0. The van der Waals surface area contributed by atoms with Crippen molar-refractivity contribution < 1.29 is 28.6 Å². The number of hydrogen-bond donors (Lipinski definition) is 3.